The van der Waals surface area contributed by atoms with E-state index in [1.165, 1.54) is 18.4 Å². The van der Waals surface area contributed by atoms with E-state index in [9.17, 15) is 13.2 Å². The number of nitrogens with zero attached hydrogens (tertiary/aromatic N) is 2. The fourth-order valence-corrected chi connectivity index (χ4v) is 5.19. The third-order valence-electron chi connectivity index (χ3n) is 5.48. The number of likely N-dealkylation sites (tertiary alicyclic amines) is 1. The predicted molar refractivity (Wildman–Crippen MR) is 121 cm³/mol. The van der Waals surface area contributed by atoms with E-state index in [-0.39, 0.29) is 5.75 Å². The van der Waals surface area contributed by atoms with Gasteiger partial charge in [-0.25, -0.2) is 8.42 Å². The number of benzene rings is 2. The average Bonchev–Trinajstić information content (AvgIpc) is 2.73. The van der Waals surface area contributed by atoms with Crippen molar-refractivity contribution in [1.82, 2.24) is 10.2 Å². The second kappa shape index (κ2) is 10.6. The Balaban J connectivity index is 1.45. The maximum absolute atomic E-state index is 12.3. The van der Waals surface area contributed by atoms with Gasteiger partial charge in [-0.3, -0.25) is 9.69 Å². The number of hydrogen-bond acceptors (Lipinski definition) is 5. The first-order valence-electron chi connectivity index (χ1n) is 10.6. The standard InChI is InChI=1S/C24H29N3O3S/c1-19-3-2-12-27(15-19)16-22-8-6-21(7-9-22)14-26-24(28)18-31(29,30)17-23-10-4-20(13-25)5-11-23/h4-11,19H,2-3,12,14-18H2,1H3,(H,26,28). The van der Waals surface area contributed by atoms with Gasteiger partial charge in [0.1, 0.15) is 5.75 Å². The zero-order chi connectivity index (χ0) is 22.3. The Morgan fingerprint density at radius 2 is 1.74 bits per heavy atom. The van der Waals surface area contributed by atoms with Gasteiger partial charge in [-0.2, -0.15) is 5.26 Å². The van der Waals surface area contributed by atoms with Crippen LogP contribution in [0.1, 0.15) is 42.0 Å². The highest BCUT2D eigenvalue weighted by molar-refractivity contribution is 7.91. The molecule has 2 aromatic rings. The van der Waals surface area contributed by atoms with Crippen LogP contribution in [-0.2, 0) is 33.5 Å². The molecule has 2 aromatic carbocycles. The van der Waals surface area contributed by atoms with Gasteiger partial charge in [-0.1, -0.05) is 43.3 Å². The number of sulfone groups is 1. The fraction of sp³-hybridized carbons (Fsp3) is 0.417. The van der Waals surface area contributed by atoms with E-state index < -0.39 is 21.5 Å². The van der Waals surface area contributed by atoms with Crippen LogP contribution in [0.5, 0.6) is 0 Å². The first kappa shape index (κ1) is 23.0. The molecule has 1 N–H and O–H groups in total. The van der Waals surface area contributed by atoms with Crippen LogP contribution in [0.3, 0.4) is 0 Å². The van der Waals surface area contributed by atoms with Crippen LogP contribution in [0.25, 0.3) is 0 Å². The van der Waals surface area contributed by atoms with Crippen molar-refractivity contribution < 1.29 is 13.2 Å². The molecular weight excluding hydrogens is 410 g/mol. The van der Waals surface area contributed by atoms with Gasteiger partial charge in [0.25, 0.3) is 0 Å². The first-order chi connectivity index (χ1) is 14.8. The summed E-state index contributed by atoms with van der Waals surface area (Å²) in [6.07, 6.45) is 2.55. The molecule has 0 bridgehead atoms. The maximum atomic E-state index is 12.3. The maximum Gasteiger partial charge on any atom is 0.235 e. The summed E-state index contributed by atoms with van der Waals surface area (Å²) in [6, 6.07) is 16.4. The second-order valence-electron chi connectivity index (χ2n) is 8.42. The Bertz CT molecular complexity index is 1030. The van der Waals surface area contributed by atoms with Crippen LogP contribution in [0.4, 0.5) is 0 Å². The van der Waals surface area contributed by atoms with Crippen molar-refractivity contribution in [2.75, 3.05) is 18.8 Å². The number of carbonyl (C=O) groups is 1. The molecule has 1 atom stereocenters. The van der Waals surface area contributed by atoms with Gasteiger partial charge in [0.05, 0.1) is 17.4 Å². The molecule has 164 valence electrons. The Hall–Kier alpha value is -2.69. The molecule has 7 heteroatoms. The van der Waals surface area contributed by atoms with E-state index in [2.05, 4.69) is 29.3 Å². The van der Waals surface area contributed by atoms with Crippen molar-refractivity contribution in [3.63, 3.8) is 0 Å². The second-order valence-corrected chi connectivity index (χ2v) is 10.5. The fourth-order valence-electron chi connectivity index (χ4n) is 3.88. The van der Waals surface area contributed by atoms with Crippen molar-refractivity contribution in [2.45, 2.75) is 38.6 Å². The number of hydrogen-bond donors (Lipinski definition) is 1. The number of piperidine rings is 1. The minimum atomic E-state index is -3.59. The zero-order valence-corrected chi connectivity index (χ0v) is 18.7. The Morgan fingerprint density at radius 1 is 1.10 bits per heavy atom. The van der Waals surface area contributed by atoms with Gasteiger partial charge in [-0.05, 0) is 54.1 Å². The van der Waals surface area contributed by atoms with E-state index >= 15 is 0 Å². The van der Waals surface area contributed by atoms with E-state index in [1.807, 2.05) is 18.2 Å². The minimum absolute atomic E-state index is 0.226. The number of nitriles is 1. The largest absolute Gasteiger partial charge is 0.351 e. The summed E-state index contributed by atoms with van der Waals surface area (Å²) < 4.78 is 24.6. The van der Waals surface area contributed by atoms with Gasteiger partial charge >= 0.3 is 0 Å². The van der Waals surface area contributed by atoms with Crippen molar-refractivity contribution >= 4 is 15.7 Å². The highest BCUT2D eigenvalue weighted by Crippen LogP contribution is 2.18. The molecule has 0 aromatic heterocycles. The summed E-state index contributed by atoms with van der Waals surface area (Å²) in [4.78, 5) is 14.6. The van der Waals surface area contributed by atoms with E-state index in [0.717, 1.165) is 31.1 Å². The van der Waals surface area contributed by atoms with Crippen LogP contribution in [0.2, 0.25) is 0 Å². The molecule has 3 rings (SSSR count). The van der Waals surface area contributed by atoms with Gasteiger partial charge in [0, 0.05) is 19.6 Å². The molecule has 0 spiro atoms. The third-order valence-corrected chi connectivity index (χ3v) is 6.96. The Kier molecular flexibility index (Phi) is 7.83. The summed E-state index contributed by atoms with van der Waals surface area (Å²) in [5, 5.41) is 11.5. The van der Waals surface area contributed by atoms with Crippen molar-refractivity contribution in [1.29, 1.82) is 5.26 Å². The van der Waals surface area contributed by atoms with Gasteiger partial charge < -0.3 is 5.32 Å². The lowest BCUT2D eigenvalue weighted by atomic mass is 9.99. The topological polar surface area (TPSA) is 90.3 Å². The Morgan fingerprint density at radius 3 is 2.39 bits per heavy atom. The number of rotatable bonds is 8. The van der Waals surface area contributed by atoms with Crippen molar-refractivity contribution in [3.05, 3.63) is 70.8 Å². The van der Waals surface area contributed by atoms with Crippen LogP contribution in [-0.4, -0.2) is 38.1 Å². The van der Waals surface area contributed by atoms with Crippen LogP contribution in [0.15, 0.2) is 48.5 Å². The minimum Gasteiger partial charge on any atom is -0.351 e. The predicted octanol–water partition coefficient (Wildman–Crippen LogP) is 3.02. The summed E-state index contributed by atoms with van der Waals surface area (Å²) in [5.41, 5.74) is 3.21. The van der Waals surface area contributed by atoms with Crippen LogP contribution >= 0.6 is 0 Å². The summed E-state index contributed by atoms with van der Waals surface area (Å²) in [6.45, 7) is 5.80. The van der Waals surface area contributed by atoms with Gasteiger partial charge in [-0.15, -0.1) is 0 Å². The lowest BCUT2D eigenvalue weighted by Crippen LogP contribution is -2.33. The Labute approximate surface area is 184 Å². The zero-order valence-electron chi connectivity index (χ0n) is 17.9. The highest BCUT2D eigenvalue weighted by atomic mass is 32.2. The van der Waals surface area contributed by atoms with E-state index in [1.54, 1.807) is 24.3 Å². The van der Waals surface area contributed by atoms with Gasteiger partial charge in [0.2, 0.25) is 5.91 Å². The number of carbonyl (C=O) groups excluding carboxylic acids is 1. The molecule has 1 saturated heterocycles. The molecule has 1 amide bonds. The average molecular weight is 440 g/mol. The first-order valence-corrected chi connectivity index (χ1v) is 12.4. The summed E-state index contributed by atoms with van der Waals surface area (Å²) in [7, 11) is -3.59. The molecule has 31 heavy (non-hydrogen) atoms. The van der Waals surface area contributed by atoms with E-state index in [4.69, 9.17) is 5.26 Å². The lowest BCUT2D eigenvalue weighted by Gasteiger charge is -2.30. The van der Waals surface area contributed by atoms with Crippen molar-refractivity contribution in [2.24, 2.45) is 5.92 Å². The molecule has 1 heterocycles. The van der Waals surface area contributed by atoms with Gasteiger partial charge in [0.15, 0.2) is 9.84 Å². The molecule has 0 saturated carbocycles. The summed E-state index contributed by atoms with van der Waals surface area (Å²) in [5.74, 6) is -0.551. The van der Waals surface area contributed by atoms with Crippen LogP contribution < -0.4 is 5.32 Å². The monoisotopic (exact) mass is 439 g/mol. The number of nitrogens with one attached hydrogen (secondary N) is 1. The molecule has 1 aliphatic rings. The quantitative estimate of drug-likeness (QED) is 0.683. The summed E-state index contributed by atoms with van der Waals surface area (Å²) >= 11 is 0. The molecule has 6 nitrogen and oxygen atoms in total. The van der Waals surface area contributed by atoms with Crippen LogP contribution in [0, 0.1) is 17.2 Å². The van der Waals surface area contributed by atoms with E-state index in [0.29, 0.717) is 17.7 Å². The van der Waals surface area contributed by atoms with Crippen molar-refractivity contribution in [3.8, 4) is 6.07 Å². The molecule has 1 fully saturated rings. The number of amides is 1. The molecular formula is C24H29N3O3S. The third kappa shape index (κ3) is 7.50. The molecule has 0 radical (unpaired) electrons. The molecule has 1 unspecified atom stereocenters. The SMILES string of the molecule is CC1CCCN(Cc2ccc(CNC(=O)CS(=O)(=O)Cc3ccc(C#N)cc3)cc2)C1. The lowest BCUT2D eigenvalue weighted by molar-refractivity contribution is -0.118. The highest BCUT2D eigenvalue weighted by Gasteiger charge is 2.18. The molecule has 0 aliphatic carbocycles. The smallest absolute Gasteiger partial charge is 0.235 e. The normalized spacial score (nSPS) is 17.1. The molecule has 1 aliphatic heterocycles.